The van der Waals surface area contributed by atoms with E-state index < -0.39 is 0 Å². The summed E-state index contributed by atoms with van der Waals surface area (Å²) >= 11 is 0. The molecule has 0 aromatic heterocycles. The van der Waals surface area contributed by atoms with E-state index in [9.17, 15) is 0 Å². The van der Waals surface area contributed by atoms with Gasteiger partial charge >= 0.3 is 0 Å². The monoisotopic (exact) mass is 699 g/mol. The molecular formula is C47H72P2. The van der Waals surface area contributed by atoms with Gasteiger partial charge in [0.2, 0.25) is 0 Å². The van der Waals surface area contributed by atoms with Crippen LogP contribution in [0.5, 0.6) is 0 Å². The van der Waals surface area contributed by atoms with Gasteiger partial charge in [-0.25, -0.2) is 0 Å². The lowest BCUT2D eigenvalue weighted by Gasteiger charge is -2.70. The Morgan fingerprint density at radius 3 is 0.653 bits per heavy atom. The highest BCUT2D eigenvalue weighted by Crippen LogP contribution is 2.84. The van der Waals surface area contributed by atoms with E-state index in [1.165, 1.54) is 0 Å². The highest BCUT2D eigenvalue weighted by atomic mass is 31.1. The molecule has 17 aliphatic carbocycles. The Morgan fingerprint density at radius 2 is 0.469 bits per heavy atom. The molecule has 0 amide bonds. The molecule has 2 heteroatoms. The Morgan fingerprint density at radius 1 is 0.286 bits per heavy atom. The third-order valence-electron chi connectivity index (χ3n) is 21.0. The molecule has 270 valence electrons. The third-order valence-corrected chi connectivity index (χ3v) is 29.7. The molecule has 0 aliphatic heterocycles. The zero-order chi connectivity index (χ0) is 31.8. The quantitative estimate of drug-likeness (QED) is 0.221. The minimum atomic E-state index is 0.145. The van der Waals surface area contributed by atoms with E-state index >= 15 is 0 Å². The molecule has 0 unspecified atom stereocenters. The molecule has 0 atom stereocenters. The molecule has 0 N–H and O–H groups in total. The van der Waals surface area contributed by atoms with Crippen molar-refractivity contribution < 1.29 is 0 Å². The van der Waals surface area contributed by atoms with Crippen molar-refractivity contribution in [1.29, 1.82) is 0 Å². The van der Waals surface area contributed by atoms with Crippen LogP contribution in [0.4, 0.5) is 0 Å². The fraction of sp³-hybridized carbons (Fsp3) is 1.00. The zero-order valence-electron chi connectivity index (χ0n) is 31.5. The minimum Gasteiger partial charge on any atom is -0.0933 e. The van der Waals surface area contributed by atoms with Crippen molar-refractivity contribution in [3.8, 4) is 0 Å². The molecule has 0 heterocycles. The first-order valence-electron chi connectivity index (χ1n) is 23.4. The maximum Gasteiger partial charge on any atom is -0.00813 e. The van der Waals surface area contributed by atoms with Crippen molar-refractivity contribution in [3.63, 3.8) is 0 Å². The number of hydrogen-bond acceptors (Lipinski definition) is 0. The van der Waals surface area contributed by atoms with Crippen LogP contribution in [0.3, 0.4) is 0 Å². The summed E-state index contributed by atoms with van der Waals surface area (Å²) in [6, 6.07) is 0. The Hall–Kier alpha value is 0.860. The molecule has 0 nitrogen and oxygen atoms in total. The number of rotatable bonds is 8. The van der Waals surface area contributed by atoms with Crippen LogP contribution < -0.4 is 0 Å². The fourth-order valence-corrected chi connectivity index (χ4v) is 32.9. The van der Waals surface area contributed by atoms with Gasteiger partial charge in [0.05, 0.1) is 0 Å². The SMILES string of the molecule is C1CCC(CP(C23CC4CC(CC(C4)C2)C3)C23CC4CC(CC(C4)C2)C3)(CP(C23CC4CC(CC(C4)C2)C3)C23CC4CC(CC(C4)C2)C3)C1. The van der Waals surface area contributed by atoms with Crippen LogP contribution in [0.2, 0.25) is 0 Å². The molecule has 16 bridgehead atoms. The lowest BCUT2D eigenvalue weighted by atomic mass is 9.55. The largest absolute Gasteiger partial charge is 0.0933 e. The highest BCUT2D eigenvalue weighted by molar-refractivity contribution is 7.62. The van der Waals surface area contributed by atoms with Crippen LogP contribution in [0.15, 0.2) is 0 Å². The Kier molecular flexibility index (Phi) is 6.72. The lowest BCUT2D eigenvalue weighted by molar-refractivity contribution is 0.0170. The van der Waals surface area contributed by atoms with Gasteiger partial charge in [-0.2, -0.15) is 0 Å². The smallest absolute Gasteiger partial charge is 0.00813 e. The van der Waals surface area contributed by atoms with Crippen molar-refractivity contribution in [2.45, 2.75) is 200 Å². The van der Waals surface area contributed by atoms with Gasteiger partial charge < -0.3 is 0 Å². The van der Waals surface area contributed by atoms with Gasteiger partial charge in [-0.3, -0.25) is 0 Å². The molecule has 17 fully saturated rings. The lowest BCUT2D eigenvalue weighted by Crippen LogP contribution is -2.59. The summed E-state index contributed by atoms with van der Waals surface area (Å²) in [4.78, 5) is 0. The van der Waals surface area contributed by atoms with E-state index in [0.29, 0.717) is 0 Å². The average Bonchev–Trinajstić information content (AvgIpc) is 3.49. The van der Waals surface area contributed by atoms with E-state index in [4.69, 9.17) is 0 Å². The van der Waals surface area contributed by atoms with E-state index in [0.717, 1.165) is 97.1 Å². The zero-order valence-corrected chi connectivity index (χ0v) is 33.3. The van der Waals surface area contributed by atoms with Gasteiger partial charge in [0.1, 0.15) is 0 Å². The van der Waals surface area contributed by atoms with E-state index in [2.05, 4.69) is 0 Å². The molecule has 17 aliphatic rings. The summed E-state index contributed by atoms with van der Waals surface area (Å²) in [5, 5.41) is 3.37. The molecule has 0 aromatic rings. The molecule has 17 saturated carbocycles. The van der Waals surface area contributed by atoms with Crippen molar-refractivity contribution in [3.05, 3.63) is 0 Å². The maximum absolute atomic E-state index is 1.83. The van der Waals surface area contributed by atoms with Gasteiger partial charge in [-0.05, 0) is 276 Å². The van der Waals surface area contributed by atoms with Crippen LogP contribution in [-0.4, -0.2) is 32.9 Å². The Labute approximate surface area is 303 Å². The van der Waals surface area contributed by atoms with E-state index in [1.54, 1.807) is 180 Å². The predicted octanol–water partition coefficient (Wildman–Crippen LogP) is 13.4. The first-order valence-corrected chi connectivity index (χ1v) is 26.4. The summed E-state index contributed by atoms with van der Waals surface area (Å²) in [6.45, 7) is 0. The molecule has 0 spiro atoms. The summed E-state index contributed by atoms with van der Waals surface area (Å²) < 4.78 is 0. The van der Waals surface area contributed by atoms with E-state index in [-0.39, 0.29) is 15.8 Å². The van der Waals surface area contributed by atoms with Gasteiger partial charge in [-0.15, -0.1) is 0 Å². The van der Waals surface area contributed by atoms with Gasteiger partial charge in [0, 0.05) is 0 Å². The summed E-state index contributed by atoms with van der Waals surface area (Å²) in [7, 11) is 0.290. The summed E-state index contributed by atoms with van der Waals surface area (Å²) in [5.74, 6) is 13.8. The van der Waals surface area contributed by atoms with Crippen LogP contribution in [-0.2, 0) is 0 Å². The normalized spacial score (nSPS) is 60.5. The molecule has 0 radical (unpaired) electrons. The summed E-state index contributed by atoms with van der Waals surface area (Å²) in [5.41, 5.74) is 0.775. The van der Waals surface area contributed by atoms with Crippen molar-refractivity contribution in [2.75, 3.05) is 12.3 Å². The minimum absolute atomic E-state index is 0.145. The molecular weight excluding hydrogens is 626 g/mol. The predicted molar refractivity (Wildman–Crippen MR) is 208 cm³/mol. The van der Waals surface area contributed by atoms with Gasteiger partial charge in [-0.1, -0.05) is 28.7 Å². The van der Waals surface area contributed by atoms with Crippen LogP contribution in [0.1, 0.15) is 180 Å². The standard InChI is InChI=1S/C47H72P2/c1-2-4-43(3-1,29-48(44-17-31-5-32(18-44)7-33(6-31)19-44)45-20-34-8-35(21-45)10-36(9-34)22-45)30-49(46-23-37-11-38(24-46)13-39(12-37)25-46)47-26-40-14-41(27-47)16-42(15-40)28-47/h31-42H,1-30H2. The van der Waals surface area contributed by atoms with Crippen LogP contribution >= 0.6 is 15.8 Å². The first-order chi connectivity index (χ1) is 23.8. The second-order valence-corrected chi connectivity index (χ2v) is 30.6. The Bertz CT molecular complexity index is 1020. The third kappa shape index (κ3) is 4.65. The summed E-state index contributed by atoms with van der Waals surface area (Å²) in [6.07, 6.45) is 51.1. The maximum atomic E-state index is 1.83. The topological polar surface area (TPSA) is 0 Å². The fourth-order valence-electron chi connectivity index (χ4n) is 21.4. The van der Waals surface area contributed by atoms with Crippen molar-refractivity contribution in [2.24, 2.45) is 76.4 Å². The van der Waals surface area contributed by atoms with Gasteiger partial charge in [0.15, 0.2) is 0 Å². The van der Waals surface area contributed by atoms with Crippen molar-refractivity contribution >= 4 is 15.8 Å². The number of hydrogen-bond donors (Lipinski definition) is 0. The molecule has 49 heavy (non-hydrogen) atoms. The second-order valence-electron chi connectivity index (χ2n) is 24.4. The van der Waals surface area contributed by atoms with Crippen LogP contribution in [0, 0.1) is 76.4 Å². The first kappa shape index (κ1) is 31.1. The van der Waals surface area contributed by atoms with E-state index in [1.807, 2.05) is 12.3 Å². The average molecular weight is 699 g/mol. The molecule has 0 saturated heterocycles. The molecule has 17 rings (SSSR count). The second kappa shape index (κ2) is 10.6. The van der Waals surface area contributed by atoms with Crippen molar-refractivity contribution in [1.82, 2.24) is 0 Å². The highest BCUT2D eigenvalue weighted by Gasteiger charge is 2.67. The Balaban J connectivity index is 0.920. The molecule has 0 aromatic carbocycles. The van der Waals surface area contributed by atoms with Gasteiger partial charge in [0.25, 0.3) is 0 Å². The van der Waals surface area contributed by atoms with Crippen LogP contribution in [0.25, 0.3) is 0 Å².